The highest BCUT2D eigenvalue weighted by molar-refractivity contribution is 7.90. The molecule has 1 amide bonds. The van der Waals surface area contributed by atoms with Crippen LogP contribution in [0.1, 0.15) is 39.0 Å². The van der Waals surface area contributed by atoms with Crippen molar-refractivity contribution in [3.63, 3.8) is 0 Å². The highest BCUT2D eigenvalue weighted by atomic mass is 32.2. The molecule has 0 unspecified atom stereocenters. The van der Waals surface area contributed by atoms with Crippen molar-refractivity contribution >= 4 is 28.6 Å². The van der Waals surface area contributed by atoms with Crippen LogP contribution in [-0.2, 0) is 14.8 Å². The highest BCUT2D eigenvalue weighted by Gasteiger charge is 2.33. The van der Waals surface area contributed by atoms with Crippen LogP contribution in [-0.4, -0.2) is 36.2 Å². The van der Waals surface area contributed by atoms with Crippen LogP contribution in [0.5, 0.6) is 0 Å². The predicted octanol–water partition coefficient (Wildman–Crippen LogP) is 1.43. The van der Waals surface area contributed by atoms with E-state index >= 15 is 0 Å². The Morgan fingerprint density at radius 3 is 2.31 bits per heavy atom. The number of rotatable bonds is 4. The summed E-state index contributed by atoms with van der Waals surface area (Å²) in [4.78, 5) is 11.3. The minimum absolute atomic E-state index is 0.178. The zero-order chi connectivity index (χ0) is 12.2. The molecular weight excluding hydrogens is 246 g/mol. The van der Waals surface area contributed by atoms with Gasteiger partial charge in [-0.2, -0.15) is 12.6 Å². The normalized spacial score (nSPS) is 18.4. The molecule has 1 aliphatic carbocycles. The lowest BCUT2D eigenvalue weighted by molar-refractivity contribution is -0.124. The first kappa shape index (κ1) is 13.8. The highest BCUT2D eigenvalue weighted by Crippen LogP contribution is 2.26. The van der Waals surface area contributed by atoms with Crippen molar-refractivity contribution in [2.75, 3.05) is 12.3 Å². The van der Waals surface area contributed by atoms with Gasteiger partial charge < -0.3 is 0 Å². The maximum atomic E-state index is 12.2. The van der Waals surface area contributed by atoms with Gasteiger partial charge in [-0.05, 0) is 12.8 Å². The number of carbonyl (C=O) groups is 1. The van der Waals surface area contributed by atoms with Crippen molar-refractivity contribution in [1.82, 2.24) is 4.31 Å². The standard InChI is InChI=1S/C10H19NO3S2/c1-9(12)11(7-8-15)16(13,14)10-5-3-2-4-6-10/h10,15H,2-8H2,1H3. The van der Waals surface area contributed by atoms with E-state index in [9.17, 15) is 13.2 Å². The Morgan fingerprint density at radius 1 is 1.31 bits per heavy atom. The monoisotopic (exact) mass is 265 g/mol. The number of nitrogens with zero attached hydrogens (tertiary/aromatic N) is 1. The summed E-state index contributed by atoms with van der Waals surface area (Å²) < 4.78 is 25.4. The van der Waals surface area contributed by atoms with Crippen molar-refractivity contribution < 1.29 is 13.2 Å². The summed E-state index contributed by atoms with van der Waals surface area (Å²) in [6, 6.07) is 0. The van der Waals surface area contributed by atoms with Crippen LogP contribution in [0, 0.1) is 0 Å². The van der Waals surface area contributed by atoms with Crippen LogP contribution in [0.3, 0.4) is 0 Å². The molecule has 0 N–H and O–H groups in total. The first-order valence-corrected chi connectivity index (χ1v) is 7.76. The van der Waals surface area contributed by atoms with Gasteiger partial charge in [-0.25, -0.2) is 12.7 Å². The number of amides is 1. The van der Waals surface area contributed by atoms with Crippen molar-refractivity contribution in [2.45, 2.75) is 44.3 Å². The van der Waals surface area contributed by atoms with E-state index < -0.39 is 15.9 Å². The van der Waals surface area contributed by atoms with Crippen LogP contribution >= 0.6 is 12.6 Å². The van der Waals surface area contributed by atoms with E-state index in [1.165, 1.54) is 6.92 Å². The molecule has 16 heavy (non-hydrogen) atoms. The molecule has 0 saturated heterocycles. The first-order valence-electron chi connectivity index (χ1n) is 5.63. The van der Waals surface area contributed by atoms with Crippen molar-refractivity contribution in [1.29, 1.82) is 0 Å². The van der Waals surface area contributed by atoms with E-state index in [0.717, 1.165) is 23.6 Å². The number of hydrogen-bond donors (Lipinski definition) is 1. The molecule has 0 aromatic rings. The zero-order valence-corrected chi connectivity index (χ0v) is 11.3. The number of thiol groups is 1. The maximum Gasteiger partial charge on any atom is 0.240 e. The number of carbonyl (C=O) groups excluding carboxylic acids is 1. The largest absolute Gasteiger partial charge is 0.274 e. The summed E-state index contributed by atoms with van der Waals surface area (Å²) in [5.74, 6) is -0.0365. The fourth-order valence-electron chi connectivity index (χ4n) is 2.10. The van der Waals surface area contributed by atoms with E-state index in [2.05, 4.69) is 12.6 Å². The third kappa shape index (κ3) is 3.13. The van der Waals surface area contributed by atoms with Crippen LogP contribution in [0.15, 0.2) is 0 Å². The van der Waals surface area contributed by atoms with Gasteiger partial charge in [0, 0.05) is 19.2 Å². The topological polar surface area (TPSA) is 54.5 Å². The van der Waals surface area contributed by atoms with Crippen LogP contribution in [0.2, 0.25) is 0 Å². The predicted molar refractivity (Wildman–Crippen MR) is 67.0 cm³/mol. The molecule has 0 atom stereocenters. The first-order chi connectivity index (χ1) is 7.50. The van der Waals surface area contributed by atoms with Crippen molar-refractivity contribution in [3.05, 3.63) is 0 Å². The van der Waals surface area contributed by atoms with Crippen molar-refractivity contribution in [3.8, 4) is 0 Å². The van der Waals surface area contributed by atoms with Crippen LogP contribution in [0.4, 0.5) is 0 Å². The average molecular weight is 265 g/mol. The summed E-state index contributed by atoms with van der Waals surface area (Å²) in [6.45, 7) is 1.47. The summed E-state index contributed by atoms with van der Waals surface area (Å²) >= 11 is 3.99. The van der Waals surface area contributed by atoms with Gasteiger partial charge in [0.2, 0.25) is 15.9 Å². The molecule has 0 aliphatic heterocycles. The lowest BCUT2D eigenvalue weighted by Gasteiger charge is -2.28. The Labute approximate surface area is 103 Å². The van der Waals surface area contributed by atoms with Gasteiger partial charge in [0.25, 0.3) is 0 Å². The Morgan fingerprint density at radius 2 is 1.88 bits per heavy atom. The van der Waals surface area contributed by atoms with E-state index in [-0.39, 0.29) is 11.8 Å². The van der Waals surface area contributed by atoms with Crippen LogP contribution < -0.4 is 0 Å². The van der Waals surface area contributed by atoms with Gasteiger partial charge in [0.15, 0.2) is 0 Å². The molecule has 0 bridgehead atoms. The van der Waals surface area contributed by atoms with Crippen molar-refractivity contribution in [2.24, 2.45) is 0 Å². The summed E-state index contributed by atoms with van der Waals surface area (Å²) in [5.41, 5.74) is 0. The van der Waals surface area contributed by atoms with Gasteiger partial charge in [-0.1, -0.05) is 19.3 Å². The molecule has 0 aromatic heterocycles. The third-order valence-electron chi connectivity index (χ3n) is 2.93. The molecule has 1 fully saturated rings. The number of sulfonamides is 1. The minimum atomic E-state index is -3.45. The molecule has 94 valence electrons. The lowest BCUT2D eigenvalue weighted by Crippen LogP contribution is -2.43. The molecule has 0 radical (unpaired) electrons. The fraction of sp³-hybridized carbons (Fsp3) is 0.900. The van der Waals surface area contributed by atoms with Gasteiger partial charge in [0.05, 0.1) is 5.25 Å². The smallest absolute Gasteiger partial charge is 0.240 e. The molecule has 4 nitrogen and oxygen atoms in total. The van der Waals surface area contributed by atoms with E-state index in [1.54, 1.807) is 0 Å². The second-order valence-electron chi connectivity index (χ2n) is 4.12. The van der Waals surface area contributed by atoms with Crippen LogP contribution in [0.25, 0.3) is 0 Å². The molecule has 1 aliphatic rings. The Bertz CT molecular complexity index is 334. The second kappa shape index (κ2) is 5.91. The molecule has 0 heterocycles. The van der Waals surface area contributed by atoms with Gasteiger partial charge in [-0.15, -0.1) is 0 Å². The molecule has 1 saturated carbocycles. The number of hydrogen-bond acceptors (Lipinski definition) is 4. The Kier molecular flexibility index (Phi) is 5.11. The average Bonchev–Trinajstić information content (AvgIpc) is 2.26. The molecule has 1 rings (SSSR count). The molecular formula is C10H19NO3S2. The van der Waals surface area contributed by atoms with Gasteiger partial charge in [0.1, 0.15) is 0 Å². The van der Waals surface area contributed by atoms with Gasteiger partial charge in [-0.3, -0.25) is 4.79 Å². The fourth-order valence-corrected chi connectivity index (χ4v) is 4.43. The summed E-state index contributed by atoms with van der Waals surface area (Å²) in [6.07, 6.45) is 4.34. The van der Waals surface area contributed by atoms with E-state index in [4.69, 9.17) is 0 Å². The van der Waals surface area contributed by atoms with E-state index in [0.29, 0.717) is 18.6 Å². The molecule has 0 spiro atoms. The third-order valence-corrected chi connectivity index (χ3v) is 5.50. The second-order valence-corrected chi connectivity index (χ2v) is 6.70. The molecule has 0 aromatic carbocycles. The summed E-state index contributed by atoms with van der Waals surface area (Å²) in [5, 5.41) is -0.370. The Balaban J connectivity index is 2.83. The molecule has 6 heteroatoms. The zero-order valence-electron chi connectivity index (χ0n) is 9.55. The SMILES string of the molecule is CC(=O)N(CCS)S(=O)(=O)C1CCCCC1. The lowest BCUT2D eigenvalue weighted by atomic mass is 10.0. The minimum Gasteiger partial charge on any atom is -0.274 e. The Hall–Kier alpha value is -0.230. The van der Waals surface area contributed by atoms with Gasteiger partial charge >= 0.3 is 0 Å². The van der Waals surface area contributed by atoms with E-state index in [1.807, 2.05) is 0 Å². The quantitative estimate of drug-likeness (QED) is 0.782. The summed E-state index contributed by atoms with van der Waals surface area (Å²) in [7, 11) is -3.45. The maximum absolute atomic E-state index is 12.2.